The second-order valence-corrected chi connectivity index (χ2v) is 4.34. The molecule has 0 saturated heterocycles. The van der Waals surface area contributed by atoms with E-state index in [2.05, 4.69) is 9.47 Å². The lowest BCUT2D eigenvalue weighted by atomic mass is 10.5. The maximum atomic E-state index is 11.1. The molecule has 17 heavy (non-hydrogen) atoms. The fourth-order valence-corrected chi connectivity index (χ4v) is 1.38. The second kappa shape index (κ2) is 9.26. The van der Waals surface area contributed by atoms with E-state index in [1.165, 1.54) is 0 Å². The van der Waals surface area contributed by atoms with Crippen LogP contribution in [0.3, 0.4) is 0 Å². The van der Waals surface area contributed by atoms with Gasteiger partial charge >= 0.3 is 11.9 Å². The van der Waals surface area contributed by atoms with E-state index in [4.69, 9.17) is 0 Å². The summed E-state index contributed by atoms with van der Waals surface area (Å²) in [6, 6.07) is 0. The van der Waals surface area contributed by atoms with Gasteiger partial charge in [0.2, 0.25) is 10.9 Å². The van der Waals surface area contributed by atoms with Crippen LogP contribution in [0.5, 0.6) is 0 Å². The number of esters is 2. The molecule has 0 heterocycles. The molecule has 2 unspecified atom stereocenters. The van der Waals surface area contributed by atoms with Gasteiger partial charge in [-0.1, -0.05) is 25.6 Å². The normalized spacial score (nSPS) is 13.9. The Morgan fingerprint density at radius 2 is 1.35 bits per heavy atom. The van der Waals surface area contributed by atoms with Crippen molar-refractivity contribution in [3.05, 3.63) is 0 Å². The number of carbonyl (C=O) groups is 2. The standard InChI is InChI=1S/C10H18O6S/c1-3-5-15-7(11)9(13)17-10(14)8(12)16-6-4-2/h9-10,13-14H,3-6H2,1-2H3. The molecule has 0 aromatic carbocycles. The zero-order valence-corrected chi connectivity index (χ0v) is 10.7. The highest BCUT2D eigenvalue weighted by Gasteiger charge is 2.26. The van der Waals surface area contributed by atoms with Crippen molar-refractivity contribution in [2.75, 3.05) is 13.2 Å². The van der Waals surface area contributed by atoms with Gasteiger partial charge in [-0.25, -0.2) is 9.59 Å². The first-order chi connectivity index (χ1) is 8.02. The summed E-state index contributed by atoms with van der Waals surface area (Å²) in [7, 11) is 0. The molecule has 0 aromatic heterocycles. The zero-order chi connectivity index (χ0) is 13.3. The number of hydrogen-bond donors (Lipinski definition) is 2. The topological polar surface area (TPSA) is 93.1 Å². The molecule has 6 nitrogen and oxygen atoms in total. The van der Waals surface area contributed by atoms with Crippen LogP contribution in [0.4, 0.5) is 0 Å². The SMILES string of the molecule is CCCOC(=O)C(O)SC(O)C(=O)OCCC. The largest absolute Gasteiger partial charge is 0.463 e. The third-order valence-electron chi connectivity index (χ3n) is 1.56. The van der Waals surface area contributed by atoms with Crippen LogP contribution in [-0.4, -0.2) is 46.2 Å². The Hall–Kier alpha value is -0.790. The number of aliphatic hydroxyl groups is 2. The van der Waals surface area contributed by atoms with Gasteiger partial charge in [-0.3, -0.25) is 0 Å². The summed E-state index contributed by atoms with van der Waals surface area (Å²) in [6.07, 6.45) is 1.26. The van der Waals surface area contributed by atoms with Crippen LogP contribution in [0, 0.1) is 0 Å². The van der Waals surface area contributed by atoms with Crippen LogP contribution < -0.4 is 0 Å². The Labute approximate surface area is 104 Å². The first-order valence-electron chi connectivity index (χ1n) is 5.37. The maximum absolute atomic E-state index is 11.1. The summed E-state index contributed by atoms with van der Waals surface area (Å²) < 4.78 is 9.28. The molecule has 0 amide bonds. The van der Waals surface area contributed by atoms with Gasteiger partial charge in [0.25, 0.3) is 0 Å². The van der Waals surface area contributed by atoms with Crippen LogP contribution in [0.15, 0.2) is 0 Å². The van der Waals surface area contributed by atoms with Crippen molar-refractivity contribution in [2.45, 2.75) is 37.6 Å². The van der Waals surface area contributed by atoms with Crippen LogP contribution in [0.25, 0.3) is 0 Å². The number of aliphatic hydroxyl groups excluding tert-OH is 2. The summed E-state index contributed by atoms with van der Waals surface area (Å²) in [4.78, 5) is 22.2. The van der Waals surface area contributed by atoms with Gasteiger partial charge in [0.05, 0.1) is 13.2 Å². The molecular weight excluding hydrogens is 248 g/mol. The van der Waals surface area contributed by atoms with Crippen LogP contribution in [-0.2, 0) is 19.1 Å². The monoisotopic (exact) mass is 266 g/mol. The number of rotatable bonds is 8. The van der Waals surface area contributed by atoms with Crippen LogP contribution in [0.2, 0.25) is 0 Å². The molecule has 0 aliphatic heterocycles. The summed E-state index contributed by atoms with van der Waals surface area (Å²) in [5, 5.41) is 18.6. The first-order valence-corrected chi connectivity index (χ1v) is 6.32. The van der Waals surface area contributed by atoms with Gasteiger partial charge in [-0.2, -0.15) is 0 Å². The summed E-state index contributed by atoms with van der Waals surface area (Å²) in [5.41, 5.74) is -3.18. The number of thioether (sulfide) groups is 1. The van der Waals surface area contributed by atoms with Gasteiger partial charge in [0, 0.05) is 0 Å². The predicted octanol–water partition coefficient (Wildman–Crippen LogP) is 0.263. The number of carbonyl (C=O) groups excluding carboxylic acids is 2. The second-order valence-electron chi connectivity index (χ2n) is 3.18. The molecule has 0 fully saturated rings. The molecule has 0 rings (SSSR count). The van der Waals surface area contributed by atoms with Gasteiger partial charge in [0.15, 0.2) is 0 Å². The molecule has 100 valence electrons. The minimum atomic E-state index is -1.59. The zero-order valence-electron chi connectivity index (χ0n) is 9.92. The fourth-order valence-electron chi connectivity index (χ4n) is 0.781. The third-order valence-corrected chi connectivity index (χ3v) is 2.46. The van der Waals surface area contributed by atoms with Crippen molar-refractivity contribution in [1.29, 1.82) is 0 Å². The first kappa shape index (κ1) is 16.2. The van der Waals surface area contributed by atoms with Gasteiger partial charge in [-0.15, -0.1) is 0 Å². The van der Waals surface area contributed by atoms with E-state index in [0.29, 0.717) is 24.6 Å². The van der Waals surface area contributed by atoms with E-state index in [1.54, 1.807) is 0 Å². The Morgan fingerprint density at radius 3 is 1.65 bits per heavy atom. The minimum Gasteiger partial charge on any atom is -0.463 e. The van der Waals surface area contributed by atoms with Crippen molar-refractivity contribution < 1.29 is 29.3 Å². The number of hydrogen-bond acceptors (Lipinski definition) is 7. The molecule has 2 N–H and O–H groups in total. The maximum Gasteiger partial charge on any atom is 0.345 e. The predicted molar refractivity (Wildman–Crippen MR) is 62.1 cm³/mol. The van der Waals surface area contributed by atoms with E-state index in [-0.39, 0.29) is 13.2 Å². The smallest absolute Gasteiger partial charge is 0.345 e. The van der Waals surface area contributed by atoms with E-state index in [9.17, 15) is 19.8 Å². The Bertz CT molecular complexity index is 221. The summed E-state index contributed by atoms with van der Waals surface area (Å²) >= 11 is 0.379. The van der Waals surface area contributed by atoms with E-state index in [0.717, 1.165) is 0 Å². The average Bonchev–Trinajstić information content (AvgIpc) is 2.32. The van der Waals surface area contributed by atoms with Crippen LogP contribution >= 0.6 is 11.8 Å². The molecule has 0 bridgehead atoms. The molecule has 0 aliphatic rings. The molecule has 0 saturated carbocycles. The quantitative estimate of drug-likeness (QED) is 0.481. The van der Waals surface area contributed by atoms with Gasteiger partial charge in [0.1, 0.15) is 0 Å². The average molecular weight is 266 g/mol. The molecule has 0 aromatic rings. The van der Waals surface area contributed by atoms with Crippen LogP contribution in [0.1, 0.15) is 26.7 Å². The summed E-state index contributed by atoms with van der Waals surface area (Å²) in [5.74, 6) is -1.75. The van der Waals surface area contributed by atoms with E-state index in [1.807, 2.05) is 13.8 Å². The molecule has 0 aliphatic carbocycles. The van der Waals surface area contributed by atoms with Crippen molar-refractivity contribution in [2.24, 2.45) is 0 Å². The van der Waals surface area contributed by atoms with Gasteiger partial charge in [-0.05, 0) is 12.8 Å². The molecular formula is C10H18O6S. The Balaban J connectivity index is 3.96. The van der Waals surface area contributed by atoms with Crippen molar-refractivity contribution in [1.82, 2.24) is 0 Å². The lowest BCUT2D eigenvalue weighted by Crippen LogP contribution is -2.28. The highest BCUT2D eigenvalue weighted by atomic mass is 32.2. The number of ether oxygens (including phenoxy) is 2. The molecule has 2 atom stereocenters. The Kier molecular flexibility index (Phi) is 8.83. The highest BCUT2D eigenvalue weighted by molar-refractivity contribution is 8.01. The minimum absolute atomic E-state index is 0.187. The molecule has 0 spiro atoms. The van der Waals surface area contributed by atoms with E-state index < -0.39 is 22.8 Å². The van der Waals surface area contributed by atoms with Crippen molar-refractivity contribution in [3.8, 4) is 0 Å². The highest BCUT2D eigenvalue weighted by Crippen LogP contribution is 2.16. The van der Waals surface area contributed by atoms with Crippen molar-refractivity contribution in [3.63, 3.8) is 0 Å². The Morgan fingerprint density at radius 1 is 1.00 bits per heavy atom. The lowest BCUT2D eigenvalue weighted by Gasteiger charge is -2.13. The third kappa shape index (κ3) is 7.19. The van der Waals surface area contributed by atoms with Gasteiger partial charge < -0.3 is 19.7 Å². The van der Waals surface area contributed by atoms with E-state index >= 15 is 0 Å². The lowest BCUT2D eigenvalue weighted by molar-refractivity contribution is -0.149. The summed E-state index contributed by atoms with van der Waals surface area (Å²) in [6.45, 7) is 3.99. The van der Waals surface area contributed by atoms with Crippen molar-refractivity contribution >= 4 is 23.7 Å². The molecule has 7 heteroatoms. The fraction of sp³-hybridized carbons (Fsp3) is 0.800. The molecule has 0 radical (unpaired) electrons.